The number of hydrogen-bond acceptors (Lipinski definition) is 4. The number of ether oxygens (including phenoxy) is 1. The van der Waals surface area contributed by atoms with Crippen LogP contribution in [0.4, 0.5) is 4.79 Å². The SMILES string of the molecule is CCN(C(=O)NCCc1cnc[nH]1)C1COCC1C(=O)O. The molecule has 0 saturated carbocycles. The van der Waals surface area contributed by atoms with Crippen molar-refractivity contribution < 1.29 is 19.4 Å². The molecule has 1 aromatic rings. The van der Waals surface area contributed by atoms with E-state index in [1.165, 1.54) is 4.90 Å². The summed E-state index contributed by atoms with van der Waals surface area (Å²) < 4.78 is 5.21. The zero-order valence-corrected chi connectivity index (χ0v) is 11.9. The van der Waals surface area contributed by atoms with Gasteiger partial charge in [-0.15, -0.1) is 0 Å². The average molecular weight is 296 g/mol. The van der Waals surface area contributed by atoms with Gasteiger partial charge in [0.25, 0.3) is 0 Å². The molecule has 2 unspecified atom stereocenters. The largest absolute Gasteiger partial charge is 0.481 e. The van der Waals surface area contributed by atoms with Crippen LogP contribution in [0.15, 0.2) is 12.5 Å². The van der Waals surface area contributed by atoms with Gasteiger partial charge in [-0.1, -0.05) is 0 Å². The number of H-pyrrole nitrogens is 1. The molecular formula is C13H20N4O4. The zero-order chi connectivity index (χ0) is 15.2. The molecule has 2 rings (SSSR count). The first kappa shape index (κ1) is 15.3. The van der Waals surface area contributed by atoms with Gasteiger partial charge in [0.15, 0.2) is 0 Å². The predicted molar refractivity (Wildman–Crippen MR) is 73.8 cm³/mol. The van der Waals surface area contributed by atoms with Gasteiger partial charge in [0.05, 0.1) is 25.6 Å². The van der Waals surface area contributed by atoms with E-state index in [4.69, 9.17) is 9.84 Å². The Morgan fingerprint density at radius 1 is 1.57 bits per heavy atom. The van der Waals surface area contributed by atoms with Gasteiger partial charge >= 0.3 is 12.0 Å². The zero-order valence-electron chi connectivity index (χ0n) is 11.9. The molecule has 0 bridgehead atoms. The van der Waals surface area contributed by atoms with E-state index in [1.54, 1.807) is 12.5 Å². The summed E-state index contributed by atoms with van der Waals surface area (Å²) in [7, 11) is 0. The monoisotopic (exact) mass is 296 g/mol. The first-order valence-corrected chi connectivity index (χ1v) is 6.95. The molecule has 1 saturated heterocycles. The number of likely N-dealkylation sites (N-methyl/N-ethyl adjacent to an activating group) is 1. The Labute approximate surface area is 122 Å². The number of carbonyl (C=O) groups is 2. The third-order valence-corrected chi connectivity index (χ3v) is 3.59. The van der Waals surface area contributed by atoms with E-state index < -0.39 is 17.9 Å². The number of carboxylic acids is 1. The van der Waals surface area contributed by atoms with Crippen LogP contribution in [-0.4, -0.2) is 64.3 Å². The van der Waals surface area contributed by atoms with Crippen molar-refractivity contribution in [1.29, 1.82) is 0 Å². The van der Waals surface area contributed by atoms with E-state index in [1.807, 2.05) is 6.92 Å². The minimum absolute atomic E-state index is 0.151. The number of nitrogens with one attached hydrogen (secondary N) is 2. The van der Waals surface area contributed by atoms with Crippen LogP contribution in [0.25, 0.3) is 0 Å². The normalized spacial score (nSPS) is 21.2. The summed E-state index contributed by atoms with van der Waals surface area (Å²) in [5.74, 6) is -1.59. The molecule has 2 heterocycles. The molecule has 1 aliphatic heterocycles. The van der Waals surface area contributed by atoms with E-state index >= 15 is 0 Å². The van der Waals surface area contributed by atoms with Crippen molar-refractivity contribution in [3.8, 4) is 0 Å². The quantitative estimate of drug-likeness (QED) is 0.689. The van der Waals surface area contributed by atoms with Gasteiger partial charge in [0.1, 0.15) is 5.92 Å². The molecule has 8 heteroatoms. The molecule has 21 heavy (non-hydrogen) atoms. The molecule has 0 radical (unpaired) electrons. The Hall–Kier alpha value is -2.09. The maximum absolute atomic E-state index is 12.2. The minimum atomic E-state index is -0.929. The maximum Gasteiger partial charge on any atom is 0.317 e. The van der Waals surface area contributed by atoms with Crippen LogP contribution in [0.5, 0.6) is 0 Å². The van der Waals surface area contributed by atoms with E-state index in [-0.39, 0.29) is 19.2 Å². The van der Waals surface area contributed by atoms with Crippen molar-refractivity contribution in [3.05, 3.63) is 18.2 Å². The number of aliphatic carboxylic acids is 1. The third-order valence-electron chi connectivity index (χ3n) is 3.59. The topological polar surface area (TPSA) is 108 Å². The Morgan fingerprint density at radius 2 is 2.38 bits per heavy atom. The van der Waals surface area contributed by atoms with E-state index in [0.29, 0.717) is 19.5 Å². The van der Waals surface area contributed by atoms with Crippen molar-refractivity contribution in [2.75, 3.05) is 26.3 Å². The first-order chi connectivity index (χ1) is 10.1. The molecule has 1 aliphatic rings. The van der Waals surface area contributed by atoms with Gasteiger partial charge in [0, 0.05) is 31.4 Å². The second-order valence-electron chi connectivity index (χ2n) is 4.89. The summed E-state index contributed by atoms with van der Waals surface area (Å²) >= 11 is 0. The molecule has 8 nitrogen and oxygen atoms in total. The second kappa shape index (κ2) is 7.07. The lowest BCUT2D eigenvalue weighted by Gasteiger charge is -2.29. The number of urea groups is 1. The third kappa shape index (κ3) is 3.72. The Morgan fingerprint density at radius 3 is 3.00 bits per heavy atom. The van der Waals surface area contributed by atoms with Crippen molar-refractivity contribution in [2.24, 2.45) is 5.92 Å². The number of aromatic nitrogens is 2. The van der Waals surface area contributed by atoms with Crippen LogP contribution in [-0.2, 0) is 16.0 Å². The van der Waals surface area contributed by atoms with E-state index in [0.717, 1.165) is 5.69 Å². The van der Waals surface area contributed by atoms with Crippen LogP contribution in [0.3, 0.4) is 0 Å². The van der Waals surface area contributed by atoms with Crippen molar-refractivity contribution in [1.82, 2.24) is 20.2 Å². The van der Waals surface area contributed by atoms with Crippen molar-refractivity contribution >= 4 is 12.0 Å². The van der Waals surface area contributed by atoms with Crippen LogP contribution < -0.4 is 5.32 Å². The molecule has 0 aliphatic carbocycles. The highest BCUT2D eigenvalue weighted by atomic mass is 16.5. The fraction of sp³-hybridized carbons (Fsp3) is 0.615. The summed E-state index contributed by atoms with van der Waals surface area (Å²) in [6.45, 7) is 3.14. The van der Waals surface area contributed by atoms with Gasteiger partial charge in [0.2, 0.25) is 0 Å². The fourth-order valence-electron chi connectivity index (χ4n) is 2.44. The Kier molecular flexibility index (Phi) is 5.15. The number of imidazole rings is 1. The average Bonchev–Trinajstić information content (AvgIpc) is 3.10. The fourth-order valence-corrected chi connectivity index (χ4v) is 2.44. The minimum Gasteiger partial charge on any atom is -0.481 e. The smallest absolute Gasteiger partial charge is 0.317 e. The molecule has 1 fully saturated rings. The van der Waals surface area contributed by atoms with E-state index in [2.05, 4.69) is 15.3 Å². The molecule has 1 aromatic heterocycles. The van der Waals surface area contributed by atoms with Gasteiger partial charge in [-0.2, -0.15) is 0 Å². The van der Waals surface area contributed by atoms with Crippen molar-refractivity contribution in [2.45, 2.75) is 19.4 Å². The Balaban J connectivity index is 1.87. The maximum atomic E-state index is 12.2. The van der Waals surface area contributed by atoms with Crippen molar-refractivity contribution in [3.63, 3.8) is 0 Å². The first-order valence-electron chi connectivity index (χ1n) is 6.95. The van der Waals surface area contributed by atoms with Crippen LogP contribution in [0.1, 0.15) is 12.6 Å². The highest BCUT2D eigenvalue weighted by molar-refractivity contribution is 5.77. The summed E-state index contributed by atoms with van der Waals surface area (Å²) in [4.78, 5) is 31.8. The van der Waals surface area contributed by atoms with Crippen LogP contribution in [0.2, 0.25) is 0 Å². The summed E-state index contributed by atoms with van der Waals surface area (Å²) in [5.41, 5.74) is 0.936. The number of nitrogens with zero attached hydrogens (tertiary/aromatic N) is 2. The van der Waals surface area contributed by atoms with Gasteiger partial charge < -0.3 is 25.0 Å². The summed E-state index contributed by atoms with van der Waals surface area (Å²) in [5, 5.41) is 12.0. The van der Waals surface area contributed by atoms with Crippen LogP contribution >= 0.6 is 0 Å². The molecule has 0 spiro atoms. The molecule has 2 amide bonds. The molecule has 3 N–H and O–H groups in total. The molecule has 2 atom stereocenters. The molecule has 116 valence electrons. The number of hydrogen-bond donors (Lipinski definition) is 3. The van der Waals surface area contributed by atoms with Gasteiger partial charge in [-0.05, 0) is 6.92 Å². The number of rotatable bonds is 6. The predicted octanol–water partition coefficient (Wildman–Crippen LogP) is 0.0833. The summed E-state index contributed by atoms with van der Waals surface area (Å²) in [6.07, 6.45) is 3.94. The van der Waals surface area contributed by atoms with Gasteiger partial charge in [-0.3, -0.25) is 4.79 Å². The number of aromatic amines is 1. The van der Waals surface area contributed by atoms with Crippen LogP contribution in [0, 0.1) is 5.92 Å². The Bertz CT molecular complexity index is 477. The number of carboxylic acid groups (broad SMARTS) is 1. The highest BCUT2D eigenvalue weighted by Crippen LogP contribution is 2.20. The summed E-state index contributed by atoms with van der Waals surface area (Å²) in [6, 6.07) is -0.682. The second-order valence-corrected chi connectivity index (χ2v) is 4.89. The molecule has 0 aromatic carbocycles. The number of amides is 2. The van der Waals surface area contributed by atoms with Gasteiger partial charge in [-0.25, -0.2) is 9.78 Å². The standard InChI is InChI=1S/C13H20N4O4/c1-2-17(11-7-21-6-10(11)12(18)19)13(20)15-4-3-9-5-14-8-16-9/h5,8,10-11H,2-4,6-7H2,1H3,(H,14,16)(H,15,20)(H,18,19). The lowest BCUT2D eigenvalue weighted by atomic mass is 10.0. The van der Waals surface area contributed by atoms with E-state index in [9.17, 15) is 9.59 Å². The number of carbonyl (C=O) groups excluding carboxylic acids is 1. The molecular weight excluding hydrogens is 276 g/mol. The highest BCUT2D eigenvalue weighted by Gasteiger charge is 2.39. The lowest BCUT2D eigenvalue weighted by Crippen LogP contribution is -2.50. The lowest BCUT2D eigenvalue weighted by molar-refractivity contribution is -0.142.